The van der Waals surface area contributed by atoms with E-state index in [1.54, 1.807) is 7.11 Å². The molecule has 4 rings (SSSR count). The lowest BCUT2D eigenvalue weighted by Crippen LogP contribution is -2.23. The first-order valence-electron chi connectivity index (χ1n) is 9.46. The van der Waals surface area contributed by atoms with Crippen molar-refractivity contribution in [2.45, 2.75) is 19.8 Å². The SMILES string of the molecule is CCCCOc1ccc(-c2nc3s/c(=C/c4ccc(OC)cc4)c(=O)n3n2)cc1. The Labute approximate surface area is 172 Å². The van der Waals surface area contributed by atoms with Crippen molar-refractivity contribution < 1.29 is 9.47 Å². The first-order chi connectivity index (χ1) is 14.2. The molecule has 0 radical (unpaired) electrons. The number of thiazole rings is 1. The summed E-state index contributed by atoms with van der Waals surface area (Å²) in [4.78, 5) is 17.8. The van der Waals surface area contributed by atoms with Gasteiger partial charge in [0.05, 0.1) is 18.2 Å². The zero-order chi connectivity index (χ0) is 20.2. The molecule has 6 nitrogen and oxygen atoms in total. The molecule has 4 aromatic rings. The van der Waals surface area contributed by atoms with Crippen LogP contribution in [0.2, 0.25) is 0 Å². The molecule has 2 heterocycles. The highest BCUT2D eigenvalue weighted by Crippen LogP contribution is 2.20. The molecule has 0 N–H and O–H groups in total. The number of rotatable bonds is 7. The molecule has 0 aliphatic carbocycles. The summed E-state index contributed by atoms with van der Waals surface area (Å²) in [5.41, 5.74) is 1.61. The monoisotopic (exact) mass is 407 g/mol. The largest absolute Gasteiger partial charge is 0.497 e. The van der Waals surface area contributed by atoms with Crippen LogP contribution >= 0.6 is 11.3 Å². The molecule has 7 heteroatoms. The van der Waals surface area contributed by atoms with Crippen molar-refractivity contribution >= 4 is 22.4 Å². The summed E-state index contributed by atoms with van der Waals surface area (Å²) in [5.74, 6) is 2.13. The fourth-order valence-corrected chi connectivity index (χ4v) is 3.75. The average molecular weight is 407 g/mol. The van der Waals surface area contributed by atoms with Crippen molar-refractivity contribution in [2.75, 3.05) is 13.7 Å². The fourth-order valence-electron chi connectivity index (χ4n) is 2.84. The minimum atomic E-state index is -0.168. The lowest BCUT2D eigenvalue weighted by Gasteiger charge is -2.05. The Balaban J connectivity index is 1.59. The van der Waals surface area contributed by atoms with Crippen LogP contribution in [-0.4, -0.2) is 28.3 Å². The quantitative estimate of drug-likeness (QED) is 0.438. The Bertz CT molecular complexity index is 1210. The van der Waals surface area contributed by atoms with E-state index in [0.717, 1.165) is 35.5 Å². The smallest absolute Gasteiger partial charge is 0.291 e. The molecule has 0 saturated heterocycles. The highest BCUT2D eigenvalue weighted by Gasteiger charge is 2.12. The van der Waals surface area contributed by atoms with Gasteiger partial charge < -0.3 is 9.47 Å². The normalized spacial score (nSPS) is 11.9. The lowest BCUT2D eigenvalue weighted by molar-refractivity contribution is 0.309. The van der Waals surface area contributed by atoms with Crippen molar-refractivity contribution in [3.05, 3.63) is 69.0 Å². The van der Waals surface area contributed by atoms with Crippen LogP contribution in [0.5, 0.6) is 11.5 Å². The maximum absolute atomic E-state index is 12.7. The van der Waals surface area contributed by atoms with Gasteiger partial charge in [-0.2, -0.15) is 9.50 Å². The molecule has 148 valence electrons. The molecule has 0 atom stereocenters. The number of methoxy groups -OCH3 is 1. The molecular formula is C22H21N3O3S. The first-order valence-corrected chi connectivity index (χ1v) is 10.3. The predicted octanol–water partition coefficient (Wildman–Crippen LogP) is 3.55. The lowest BCUT2D eigenvalue weighted by atomic mass is 10.2. The average Bonchev–Trinajstić information content (AvgIpc) is 3.29. The summed E-state index contributed by atoms with van der Waals surface area (Å²) in [6, 6.07) is 15.2. The van der Waals surface area contributed by atoms with Gasteiger partial charge in [-0.05, 0) is 54.5 Å². The van der Waals surface area contributed by atoms with E-state index in [-0.39, 0.29) is 5.56 Å². The third-order valence-corrected chi connectivity index (χ3v) is 5.43. The van der Waals surface area contributed by atoms with Gasteiger partial charge in [0.2, 0.25) is 4.96 Å². The van der Waals surface area contributed by atoms with E-state index in [0.29, 0.717) is 21.9 Å². The van der Waals surface area contributed by atoms with Crippen molar-refractivity contribution in [3.63, 3.8) is 0 Å². The van der Waals surface area contributed by atoms with Crippen LogP contribution in [-0.2, 0) is 0 Å². The van der Waals surface area contributed by atoms with Crippen LogP contribution < -0.4 is 19.6 Å². The van der Waals surface area contributed by atoms with Crippen molar-refractivity contribution in [1.82, 2.24) is 14.6 Å². The second-order valence-corrected chi connectivity index (χ2v) is 7.55. The van der Waals surface area contributed by atoms with Gasteiger partial charge in [-0.1, -0.05) is 36.8 Å². The van der Waals surface area contributed by atoms with E-state index < -0.39 is 0 Å². The summed E-state index contributed by atoms with van der Waals surface area (Å²) >= 11 is 1.33. The Morgan fingerprint density at radius 1 is 1.07 bits per heavy atom. The molecule has 0 bridgehead atoms. The number of ether oxygens (including phenoxy) is 2. The van der Waals surface area contributed by atoms with E-state index in [2.05, 4.69) is 17.0 Å². The number of hydrogen-bond acceptors (Lipinski definition) is 6. The zero-order valence-corrected chi connectivity index (χ0v) is 17.1. The van der Waals surface area contributed by atoms with Crippen molar-refractivity contribution in [2.24, 2.45) is 0 Å². The van der Waals surface area contributed by atoms with E-state index in [4.69, 9.17) is 9.47 Å². The predicted molar refractivity (Wildman–Crippen MR) is 115 cm³/mol. The standard InChI is InChI=1S/C22H21N3O3S/c1-3-4-13-28-18-11-7-16(8-12-18)20-23-22-25(24-20)21(26)19(29-22)14-15-5-9-17(27-2)10-6-15/h5-12,14H,3-4,13H2,1-2H3/b19-14+. The van der Waals surface area contributed by atoms with E-state index in [1.165, 1.54) is 15.9 Å². The van der Waals surface area contributed by atoms with Gasteiger partial charge in [-0.25, -0.2) is 0 Å². The highest BCUT2D eigenvalue weighted by atomic mass is 32.1. The number of nitrogens with zero attached hydrogens (tertiary/aromatic N) is 3. The molecule has 2 aromatic carbocycles. The number of fused-ring (bicyclic) bond motifs is 1. The van der Waals surface area contributed by atoms with Crippen molar-refractivity contribution in [3.8, 4) is 22.9 Å². The van der Waals surface area contributed by atoms with Gasteiger partial charge in [0, 0.05) is 5.56 Å². The maximum atomic E-state index is 12.7. The van der Waals surface area contributed by atoms with Gasteiger partial charge in [0.15, 0.2) is 5.82 Å². The number of benzene rings is 2. The van der Waals surface area contributed by atoms with Crippen molar-refractivity contribution in [1.29, 1.82) is 0 Å². The van der Waals surface area contributed by atoms with Gasteiger partial charge in [-0.15, -0.1) is 5.10 Å². The van der Waals surface area contributed by atoms with E-state index in [9.17, 15) is 4.79 Å². The number of hydrogen-bond donors (Lipinski definition) is 0. The Morgan fingerprint density at radius 3 is 2.45 bits per heavy atom. The van der Waals surface area contributed by atoms with Gasteiger partial charge in [-0.3, -0.25) is 4.79 Å². The van der Waals surface area contributed by atoms with E-state index in [1.807, 2.05) is 54.6 Å². The Morgan fingerprint density at radius 2 is 1.79 bits per heavy atom. The summed E-state index contributed by atoms with van der Waals surface area (Å²) in [5, 5.41) is 4.40. The molecule has 0 fully saturated rings. The molecule has 0 saturated carbocycles. The van der Waals surface area contributed by atoms with Gasteiger partial charge in [0.1, 0.15) is 11.5 Å². The zero-order valence-electron chi connectivity index (χ0n) is 16.3. The molecule has 0 spiro atoms. The van der Waals surface area contributed by atoms with Gasteiger partial charge in [0.25, 0.3) is 5.56 Å². The maximum Gasteiger partial charge on any atom is 0.291 e. The summed E-state index contributed by atoms with van der Waals surface area (Å²) < 4.78 is 12.8. The summed E-state index contributed by atoms with van der Waals surface area (Å²) in [6.45, 7) is 2.84. The Kier molecular flexibility index (Phi) is 5.57. The third-order valence-electron chi connectivity index (χ3n) is 4.47. The summed E-state index contributed by atoms with van der Waals surface area (Å²) in [7, 11) is 1.62. The molecule has 0 amide bonds. The first kappa shape index (κ1) is 19.1. The van der Waals surface area contributed by atoms with Crippen LogP contribution in [0.15, 0.2) is 53.3 Å². The Hall–Kier alpha value is -3.19. The highest BCUT2D eigenvalue weighted by molar-refractivity contribution is 7.15. The number of unbranched alkanes of at least 4 members (excludes halogenated alkanes) is 1. The molecule has 2 aromatic heterocycles. The van der Waals surface area contributed by atoms with Crippen LogP contribution in [0.4, 0.5) is 0 Å². The van der Waals surface area contributed by atoms with Crippen LogP contribution in [0.1, 0.15) is 25.3 Å². The fraction of sp³-hybridized carbons (Fsp3) is 0.227. The minimum Gasteiger partial charge on any atom is -0.497 e. The minimum absolute atomic E-state index is 0.168. The van der Waals surface area contributed by atoms with E-state index >= 15 is 0 Å². The van der Waals surface area contributed by atoms with Crippen LogP contribution in [0, 0.1) is 0 Å². The topological polar surface area (TPSA) is 65.7 Å². The molecule has 29 heavy (non-hydrogen) atoms. The number of aromatic nitrogens is 3. The molecule has 0 unspecified atom stereocenters. The molecular weight excluding hydrogens is 386 g/mol. The van der Waals surface area contributed by atoms with Crippen LogP contribution in [0.3, 0.4) is 0 Å². The van der Waals surface area contributed by atoms with Crippen LogP contribution in [0.25, 0.3) is 22.4 Å². The summed E-state index contributed by atoms with van der Waals surface area (Å²) in [6.07, 6.45) is 3.97. The van der Waals surface area contributed by atoms with Gasteiger partial charge >= 0.3 is 0 Å². The third kappa shape index (κ3) is 4.14. The second-order valence-electron chi connectivity index (χ2n) is 6.55. The second kappa shape index (κ2) is 8.45. The molecule has 0 aliphatic heterocycles. The molecule has 0 aliphatic rings.